The Hall–Kier alpha value is -2.61. The topological polar surface area (TPSA) is 44.8 Å². The maximum absolute atomic E-state index is 15.0. The summed E-state index contributed by atoms with van der Waals surface area (Å²) in [6.07, 6.45) is 7.03. The van der Waals surface area contributed by atoms with Crippen molar-refractivity contribution in [1.29, 1.82) is 0 Å². The third-order valence-corrected chi connectivity index (χ3v) is 8.22. The van der Waals surface area contributed by atoms with Crippen molar-refractivity contribution in [3.05, 3.63) is 64.2 Å². The lowest BCUT2D eigenvalue weighted by Crippen LogP contribution is -2.25. The van der Waals surface area contributed by atoms with E-state index in [1.165, 1.54) is 18.2 Å². The Balaban J connectivity index is 1.31. The Kier molecular flexibility index (Phi) is 10.9. The van der Waals surface area contributed by atoms with Gasteiger partial charge in [0.2, 0.25) is 5.82 Å². The lowest BCUT2D eigenvalue weighted by molar-refractivity contribution is 0.0188. The van der Waals surface area contributed by atoms with Gasteiger partial charge >= 0.3 is 5.97 Å². The average molecular weight is 565 g/mol. The second-order valence-electron chi connectivity index (χ2n) is 11.0. The van der Waals surface area contributed by atoms with Gasteiger partial charge in [-0.25, -0.2) is 18.0 Å². The van der Waals surface area contributed by atoms with Crippen LogP contribution in [0.15, 0.2) is 24.3 Å². The Morgan fingerprint density at radius 3 is 1.88 bits per heavy atom. The maximum atomic E-state index is 15.0. The summed E-state index contributed by atoms with van der Waals surface area (Å²) in [6.45, 7) is 5.06. The molecule has 4 nitrogen and oxygen atoms in total. The van der Waals surface area contributed by atoms with Gasteiger partial charge in [0.15, 0.2) is 23.2 Å². The molecule has 0 amide bonds. The van der Waals surface area contributed by atoms with Crippen LogP contribution in [0, 0.1) is 23.3 Å². The molecule has 0 unspecified atom stereocenters. The van der Waals surface area contributed by atoms with E-state index in [1.807, 2.05) is 6.92 Å². The van der Waals surface area contributed by atoms with Gasteiger partial charge < -0.3 is 14.2 Å². The number of esters is 1. The Morgan fingerprint density at radius 1 is 0.700 bits per heavy atom. The molecule has 0 radical (unpaired) electrons. The van der Waals surface area contributed by atoms with E-state index in [2.05, 4.69) is 6.92 Å². The molecule has 0 aliphatic heterocycles. The van der Waals surface area contributed by atoms with E-state index >= 15 is 4.39 Å². The summed E-state index contributed by atoms with van der Waals surface area (Å²) in [5.74, 6) is -5.41. The van der Waals surface area contributed by atoms with Crippen LogP contribution in [0.25, 0.3) is 0 Å². The fourth-order valence-corrected chi connectivity index (χ4v) is 5.87. The minimum atomic E-state index is -1.18. The van der Waals surface area contributed by atoms with Crippen molar-refractivity contribution >= 4 is 5.97 Å². The van der Waals surface area contributed by atoms with Crippen LogP contribution in [0.3, 0.4) is 0 Å². The van der Waals surface area contributed by atoms with Gasteiger partial charge in [0.1, 0.15) is 6.10 Å². The van der Waals surface area contributed by atoms with Gasteiger partial charge in [-0.2, -0.15) is 4.39 Å². The fraction of sp³-hybridized carbons (Fsp3) is 0.594. The van der Waals surface area contributed by atoms with E-state index in [0.717, 1.165) is 32.1 Å². The van der Waals surface area contributed by atoms with Crippen LogP contribution >= 0.6 is 0 Å². The van der Waals surface area contributed by atoms with E-state index in [4.69, 9.17) is 14.2 Å². The number of ether oxygens (including phenoxy) is 3. The molecule has 40 heavy (non-hydrogen) atoms. The van der Waals surface area contributed by atoms with Crippen LogP contribution in [-0.2, 0) is 9.47 Å². The molecule has 2 aliphatic rings. The molecule has 0 spiro atoms. The van der Waals surface area contributed by atoms with Crippen molar-refractivity contribution < 1.29 is 36.6 Å². The first kappa shape index (κ1) is 30.4. The number of unbranched alkanes of at least 4 members (excludes halogenated alkanes) is 1. The summed E-state index contributed by atoms with van der Waals surface area (Å²) in [4.78, 5) is 12.7. The van der Waals surface area contributed by atoms with Gasteiger partial charge in [-0.1, -0.05) is 32.4 Å². The first-order valence-corrected chi connectivity index (χ1v) is 14.7. The van der Waals surface area contributed by atoms with E-state index in [1.54, 1.807) is 6.07 Å². The van der Waals surface area contributed by atoms with Crippen molar-refractivity contribution in [2.24, 2.45) is 0 Å². The number of hydrogen-bond acceptors (Lipinski definition) is 4. The van der Waals surface area contributed by atoms with Gasteiger partial charge in [-0.15, -0.1) is 0 Å². The van der Waals surface area contributed by atoms with Crippen LogP contribution < -0.4 is 4.74 Å². The Bertz CT molecular complexity index is 1140. The summed E-state index contributed by atoms with van der Waals surface area (Å²) in [7, 11) is 0. The molecule has 4 rings (SSSR count). The van der Waals surface area contributed by atoms with Crippen LogP contribution in [0.4, 0.5) is 17.6 Å². The highest BCUT2D eigenvalue weighted by atomic mass is 19.2. The zero-order valence-electron chi connectivity index (χ0n) is 23.5. The third-order valence-electron chi connectivity index (χ3n) is 8.22. The highest BCUT2D eigenvalue weighted by Crippen LogP contribution is 2.39. The normalized spacial score (nSPS) is 23.1. The monoisotopic (exact) mass is 564 g/mol. The van der Waals surface area contributed by atoms with Crippen LogP contribution in [0.2, 0.25) is 0 Å². The van der Waals surface area contributed by atoms with Gasteiger partial charge in [0.25, 0.3) is 0 Å². The van der Waals surface area contributed by atoms with E-state index in [0.29, 0.717) is 57.3 Å². The smallest absolute Gasteiger partial charge is 0.341 e. The van der Waals surface area contributed by atoms with Crippen molar-refractivity contribution in [3.63, 3.8) is 0 Å². The van der Waals surface area contributed by atoms with E-state index in [-0.39, 0.29) is 29.3 Å². The maximum Gasteiger partial charge on any atom is 0.341 e. The van der Waals surface area contributed by atoms with Gasteiger partial charge in [-0.05, 0) is 99.3 Å². The molecular formula is C32H40F4O4. The Labute approximate surface area is 234 Å². The zero-order valence-corrected chi connectivity index (χ0v) is 23.5. The van der Waals surface area contributed by atoms with Crippen LogP contribution in [0.1, 0.15) is 118 Å². The number of hydrogen-bond donors (Lipinski definition) is 0. The molecule has 2 aromatic rings. The second-order valence-corrected chi connectivity index (χ2v) is 11.0. The highest BCUT2D eigenvalue weighted by Gasteiger charge is 2.31. The molecule has 0 atom stereocenters. The number of halogens is 4. The lowest BCUT2D eigenvalue weighted by Gasteiger charge is -2.30. The largest absolute Gasteiger partial charge is 0.490 e. The molecule has 2 aliphatic carbocycles. The molecule has 220 valence electrons. The predicted molar refractivity (Wildman–Crippen MR) is 145 cm³/mol. The zero-order chi connectivity index (χ0) is 28.6. The summed E-state index contributed by atoms with van der Waals surface area (Å²) in [5, 5.41) is 0. The van der Waals surface area contributed by atoms with Crippen LogP contribution in [-0.4, -0.2) is 31.4 Å². The van der Waals surface area contributed by atoms with Gasteiger partial charge in [0.05, 0.1) is 18.3 Å². The number of rotatable bonds is 11. The van der Waals surface area contributed by atoms with Gasteiger partial charge in [-0.3, -0.25) is 0 Å². The summed E-state index contributed by atoms with van der Waals surface area (Å²) in [5.41, 5.74) is 0.148. The predicted octanol–water partition coefficient (Wildman–Crippen LogP) is 8.76. The molecule has 0 saturated heterocycles. The molecule has 0 bridgehead atoms. The first-order chi connectivity index (χ1) is 19.3. The van der Waals surface area contributed by atoms with Crippen molar-refractivity contribution in [2.45, 2.75) is 109 Å². The second kappa shape index (κ2) is 14.3. The fourth-order valence-electron chi connectivity index (χ4n) is 5.87. The Morgan fingerprint density at radius 2 is 1.27 bits per heavy atom. The van der Waals surface area contributed by atoms with Crippen molar-refractivity contribution in [3.8, 4) is 5.75 Å². The quantitative estimate of drug-likeness (QED) is 0.156. The molecule has 8 heteroatoms. The van der Waals surface area contributed by atoms with Crippen LogP contribution in [0.5, 0.6) is 5.75 Å². The summed E-state index contributed by atoms with van der Waals surface area (Å²) >= 11 is 0. The van der Waals surface area contributed by atoms with E-state index < -0.39 is 40.9 Å². The number of benzene rings is 2. The molecule has 0 heterocycles. The van der Waals surface area contributed by atoms with Crippen molar-refractivity contribution in [2.75, 3.05) is 13.2 Å². The minimum Gasteiger partial charge on any atom is -0.490 e. The van der Waals surface area contributed by atoms with E-state index in [9.17, 15) is 18.0 Å². The minimum absolute atomic E-state index is 0.0914. The highest BCUT2D eigenvalue weighted by molar-refractivity contribution is 5.90. The molecule has 2 saturated carbocycles. The SMILES string of the molecule is CCCCOc1ccc(C2CCC(OC(=O)c3ccc(C4CCC(OCCC)CC4)c(F)c3F)CC2)c(F)c1F. The molecular weight excluding hydrogens is 524 g/mol. The molecule has 0 N–H and O–H groups in total. The number of carbonyl (C=O) groups excluding carboxylic acids is 1. The number of carbonyl (C=O) groups is 1. The van der Waals surface area contributed by atoms with Crippen molar-refractivity contribution in [1.82, 2.24) is 0 Å². The van der Waals surface area contributed by atoms with Gasteiger partial charge in [0, 0.05) is 6.61 Å². The molecule has 2 fully saturated rings. The third kappa shape index (κ3) is 7.17. The molecule has 0 aromatic heterocycles. The average Bonchev–Trinajstić information content (AvgIpc) is 2.96. The first-order valence-electron chi connectivity index (χ1n) is 14.7. The summed E-state index contributed by atoms with van der Waals surface area (Å²) in [6, 6.07) is 5.82. The summed E-state index contributed by atoms with van der Waals surface area (Å²) < 4.78 is 75.9. The molecule has 2 aromatic carbocycles. The lowest BCUT2D eigenvalue weighted by atomic mass is 9.82. The standard InChI is InChI=1S/C32H40F4O4/c1-3-5-19-39-27-17-16-25(29(34)31(27)36)21-8-12-23(13-9-21)40-32(37)26-15-14-24(28(33)30(26)35)20-6-10-22(11-7-20)38-18-4-2/h14-17,20-23H,3-13,18-19H2,1-2H3.